The molecule has 0 aliphatic heterocycles. The smallest absolute Gasteiger partial charge is 0.485 e. The maximum absolute atomic E-state index is 10.7. The van der Waals surface area contributed by atoms with Crippen molar-refractivity contribution >= 4 is 34.0 Å². The van der Waals surface area contributed by atoms with Crippen LogP contribution in [-0.4, -0.2) is 18.5 Å². The predicted molar refractivity (Wildman–Crippen MR) is 116 cm³/mol. The third kappa shape index (κ3) is 9.90. The molecule has 0 spiro atoms. The van der Waals surface area contributed by atoms with Crippen molar-refractivity contribution in [3.63, 3.8) is 0 Å². The monoisotopic (exact) mass is 558 g/mol. The second-order valence-corrected chi connectivity index (χ2v) is 9.89. The van der Waals surface area contributed by atoms with Gasteiger partial charge in [-0.3, -0.25) is 0 Å². The number of rotatable bonds is 4. The minimum Gasteiger partial charge on any atom is -0.741 e. The number of hydrogen-bond acceptors (Lipinski definition) is 3. The molecule has 0 bridgehead atoms. The van der Waals surface area contributed by atoms with Crippen LogP contribution < -0.4 is 15.9 Å². The van der Waals surface area contributed by atoms with Crippen LogP contribution in [0.2, 0.25) is 4.89 Å². The largest absolute Gasteiger partial charge is 0.741 e. The van der Waals surface area contributed by atoms with Gasteiger partial charge in [-0.25, -0.2) is 8.42 Å². The molecule has 0 heterocycles. The fourth-order valence-corrected chi connectivity index (χ4v) is 4.48. The molecule has 0 radical (unpaired) electrons. The van der Waals surface area contributed by atoms with Crippen LogP contribution in [-0.2, 0) is 29.3 Å². The molecule has 3 rings (SSSR count). The average Bonchev–Trinajstić information content (AvgIpc) is 2.75. The molecule has 0 unspecified atom stereocenters. The van der Waals surface area contributed by atoms with E-state index in [4.69, 9.17) is 13.0 Å². The van der Waals surface area contributed by atoms with Gasteiger partial charge in [0.05, 0.1) is 0 Å². The van der Waals surface area contributed by atoms with Gasteiger partial charge in [-0.05, 0) is 23.8 Å². The summed E-state index contributed by atoms with van der Waals surface area (Å²) in [5, 5.41) is 4.19. The molecule has 0 aliphatic rings. The van der Waals surface area contributed by atoms with E-state index < -0.39 is 23.5 Å². The third-order valence-corrected chi connectivity index (χ3v) is 6.88. The van der Waals surface area contributed by atoms with E-state index in [1.165, 1.54) is 15.9 Å². The van der Waals surface area contributed by atoms with Crippen molar-refractivity contribution < 1.29 is 45.3 Å². The minimum absolute atomic E-state index is 0.446. The maximum Gasteiger partial charge on any atom is 0.485 e. The molecule has 3 nitrogen and oxygen atoms in total. The quantitative estimate of drug-likeness (QED) is 0.154. The Morgan fingerprint density at radius 2 is 1.03 bits per heavy atom. The normalized spacial score (nSPS) is 10.9. The van der Waals surface area contributed by atoms with E-state index in [2.05, 4.69) is 117 Å². The second kappa shape index (κ2) is 13.6. The van der Waals surface area contributed by atoms with Crippen molar-refractivity contribution in [2.75, 3.05) is 0 Å². The first kappa shape index (κ1) is 27.2. The summed E-state index contributed by atoms with van der Waals surface area (Å²) in [7, 11) is -6.54. The minimum atomic E-state index is -6.09. The first-order valence-electron chi connectivity index (χ1n) is 8.71. The first-order valence-corrected chi connectivity index (χ1v) is 12.6. The van der Waals surface area contributed by atoms with Crippen LogP contribution in [0.4, 0.5) is 13.2 Å². The Morgan fingerprint density at radius 1 is 0.806 bits per heavy atom. The van der Waals surface area contributed by atoms with Gasteiger partial charge in [-0.1, -0.05) is 91.0 Å². The van der Waals surface area contributed by atoms with Crippen molar-refractivity contribution in [3.8, 4) is 0 Å². The van der Waals surface area contributed by atoms with E-state index in [0.717, 1.165) is 4.89 Å². The van der Waals surface area contributed by atoms with Gasteiger partial charge in [-0.2, -0.15) is 13.2 Å². The van der Waals surface area contributed by atoms with Crippen molar-refractivity contribution in [1.29, 1.82) is 0 Å². The van der Waals surface area contributed by atoms with Crippen molar-refractivity contribution in [2.24, 2.45) is 0 Å². The summed E-state index contributed by atoms with van der Waals surface area (Å²) in [5.41, 5.74) is -5.65. The number of alkyl halides is 3. The number of allylic oxidation sites excluding steroid dienone is 1. The molecule has 0 fully saturated rings. The molecule has 168 valence electrons. The molecule has 31 heavy (non-hydrogen) atoms. The predicted octanol–water partition coefficient (Wildman–Crippen LogP) is 4.63. The molecule has 0 saturated carbocycles. The molecular weight excluding hydrogens is 539 g/mol. The molecule has 9 heteroatoms. The van der Waals surface area contributed by atoms with E-state index in [9.17, 15) is 13.2 Å². The molecule has 0 saturated heterocycles. The molecule has 0 atom stereocenters. The molecule has 0 N–H and O–H groups in total. The van der Waals surface area contributed by atoms with Crippen LogP contribution >= 0.6 is 7.92 Å². The number of hydrogen-bond donors (Lipinski definition) is 0. The fraction of sp³-hybridized carbons (Fsp3) is 0.0909. The molecular formula is C22H20F3O3PPdS. The van der Waals surface area contributed by atoms with Gasteiger partial charge in [0, 0.05) is 0 Å². The van der Waals surface area contributed by atoms with Gasteiger partial charge in [-0.15, -0.1) is 0 Å². The second-order valence-electron chi connectivity index (χ2n) is 5.66. The standard InChI is InChI=1S/C18H15P.C3H5.CHF3O3S.Pd/c1-4-10-16(11-5-1)19(17-12-6-2-7-13-17)18-14-8-3-9-15-18;1-3-2;2-1(3,4)8(5,6)7;/h1-15H;3H,1-2H2;(H,5,6,7);/q;;;+1/p-1. The summed E-state index contributed by atoms with van der Waals surface area (Å²) in [6, 6.07) is 32.3. The van der Waals surface area contributed by atoms with Crippen LogP contribution in [0.25, 0.3) is 0 Å². The number of benzene rings is 3. The first-order chi connectivity index (χ1) is 14.6. The van der Waals surface area contributed by atoms with Gasteiger partial charge in [0.2, 0.25) is 0 Å². The van der Waals surface area contributed by atoms with E-state index >= 15 is 0 Å². The zero-order chi connectivity index (χ0) is 23.3. The van der Waals surface area contributed by atoms with Crippen molar-refractivity contribution in [3.05, 3.63) is 104 Å². The Morgan fingerprint density at radius 3 is 1.19 bits per heavy atom. The van der Waals surface area contributed by atoms with Crippen molar-refractivity contribution in [2.45, 2.75) is 10.4 Å². The summed E-state index contributed by atoms with van der Waals surface area (Å²) >= 11 is 2.92. The Hall–Kier alpha value is -1.81. The Labute approximate surface area is 192 Å². The number of halogens is 3. The molecule has 0 amide bonds. The van der Waals surface area contributed by atoms with Gasteiger partial charge in [0.25, 0.3) is 0 Å². The third-order valence-electron chi connectivity index (χ3n) is 3.42. The average molecular weight is 559 g/mol. The molecule has 3 aromatic carbocycles. The van der Waals surface area contributed by atoms with Gasteiger partial charge >= 0.3 is 42.3 Å². The topological polar surface area (TPSA) is 57.2 Å². The van der Waals surface area contributed by atoms with Crippen LogP contribution in [0.15, 0.2) is 104 Å². The summed E-state index contributed by atoms with van der Waals surface area (Å²) in [6.07, 6.45) is 1.81. The van der Waals surface area contributed by atoms with E-state index in [1.54, 1.807) is 0 Å². The van der Waals surface area contributed by atoms with Crippen LogP contribution in [0.5, 0.6) is 0 Å². The molecule has 3 aromatic rings. The Balaban J connectivity index is 0.000000336. The summed E-state index contributed by atoms with van der Waals surface area (Å²) in [4.78, 5) is 0.933. The van der Waals surface area contributed by atoms with Gasteiger partial charge in [0.1, 0.15) is 0 Å². The Bertz CT molecular complexity index is 907. The van der Waals surface area contributed by atoms with Gasteiger partial charge < -0.3 is 4.55 Å². The summed E-state index contributed by atoms with van der Waals surface area (Å²) in [5.74, 6) is 0. The fourth-order valence-electron chi connectivity index (χ4n) is 2.18. The zero-order valence-electron chi connectivity index (χ0n) is 16.2. The van der Waals surface area contributed by atoms with E-state index in [0.29, 0.717) is 0 Å². The molecule has 0 aliphatic carbocycles. The van der Waals surface area contributed by atoms with E-state index in [1.807, 2.05) is 6.08 Å². The van der Waals surface area contributed by atoms with Crippen LogP contribution in [0, 0.1) is 0 Å². The SMILES string of the molecule is C=C[CH2][Pd+].O=S(=O)([O-])C(F)(F)F.c1ccc(P(c2ccccc2)c2ccccc2)cc1. The van der Waals surface area contributed by atoms with Crippen molar-refractivity contribution in [1.82, 2.24) is 0 Å². The summed E-state index contributed by atoms with van der Waals surface area (Å²) in [6.45, 7) is 3.44. The Kier molecular flexibility index (Phi) is 11.9. The molecule has 0 aromatic heterocycles. The summed E-state index contributed by atoms with van der Waals surface area (Å²) < 4.78 is 58.9. The van der Waals surface area contributed by atoms with Crippen LogP contribution in [0.3, 0.4) is 0 Å². The van der Waals surface area contributed by atoms with E-state index in [-0.39, 0.29) is 0 Å². The van der Waals surface area contributed by atoms with Crippen LogP contribution in [0.1, 0.15) is 0 Å². The zero-order valence-corrected chi connectivity index (χ0v) is 19.4. The maximum atomic E-state index is 10.7. The van der Waals surface area contributed by atoms with Gasteiger partial charge in [0.15, 0.2) is 10.1 Å².